The number of fused-ring (bicyclic) bond motifs is 4. The summed E-state index contributed by atoms with van der Waals surface area (Å²) >= 11 is 0. The van der Waals surface area contributed by atoms with Crippen molar-refractivity contribution in [2.45, 2.75) is 199 Å². The van der Waals surface area contributed by atoms with Gasteiger partial charge in [-0.25, -0.2) is 18.0 Å². The van der Waals surface area contributed by atoms with Crippen molar-refractivity contribution in [3.63, 3.8) is 0 Å². The predicted octanol–water partition coefficient (Wildman–Crippen LogP) is 12.2. The molecule has 12 rings (SSSR count). The van der Waals surface area contributed by atoms with Crippen LogP contribution < -0.4 is 11.5 Å². The third-order valence-electron chi connectivity index (χ3n) is 15.6. The van der Waals surface area contributed by atoms with Crippen molar-refractivity contribution in [2.75, 3.05) is 33.0 Å². The molecule has 0 saturated carbocycles. The van der Waals surface area contributed by atoms with Crippen LogP contribution in [-0.2, 0) is 171 Å². The summed E-state index contributed by atoms with van der Waals surface area (Å²) in [6.45, 7) is 10.2. The minimum absolute atomic E-state index is 0. The fraction of sp³-hybridized carbons (Fsp3) is 0.486. The molecule has 5 aliphatic heterocycles. The number of ketones is 5. The van der Waals surface area contributed by atoms with Gasteiger partial charge in [-0.1, -0.05) is 34.4 Å². The van der Waals surface area contributed by atoms with Gasteiger partial charge in [0.15, 0.2) is 34.6 Å². The number of esters is 2. The first-order valence-electron chi connectivity index (χ1n) is 33.1. The number of aromatic nitrogens is 9. The first kappa shape index (κ1) is 97.1. The molecular weight excluding hydrogens is 1540 g/mol. The number of ether oxygens (including phenoxy) is 7. The van der Waals surface area contributed by atoms with Crippen molar-refractivity contribution in [3.05, 3.63) is 157 Å². The van der Waals surface area contributed by atoms with Crippen LogP contribution in [0.5, 0.6) is 0 Å². The molecule has 5 aliphatic rings. The van der Waals surface area contributed by atoms with Crippen LogP contribution in [-0.4, -0.2) is 130 Å². The van der Waals surface area contributed by atoms with Crippen LogP contribution in [0, 0.1) is 24.4 Å². The van der Waals surface area contributed by atoms with Gasteiger partial charge in [0.05, 0.1) is 139 Å². The first-order chi connectivity index (χ1) is 51.6. The van der Waals surface area contributed by atoms with E-state index in [9.17, 15) is 104 Å². The number of alkyl halides is 12. The monoisotopic (exact) mass is 1630 g/mol. The molecule has 10 heterocycles. The zero-order chi connectivity index (χ0) is 81.8. The van der Waals surface area contributed by atoms with E-state index in [2.05, 4.69) is 34.9 Å². The lowest BCUT2D eigenvalue weighted by molar-refractivity contribution is -0.199. The average molecular weight is 1630 g/mol. The number of carbonyl (C=O) groups excluding carboxylic acids is 8. The van der Waals surface area contributed by atoms with Crippen molar-refractivity contribution < 1.29 is 137 Å². The number of pyridine rings is 1. The smallest absolute Gasteiger partial charge is 0.466 e. The van der Waals surface area contributed by atoms with E-state index >= 15 is 0 Å². The Kier molecular flexibility index (Phi) is 37.2. The largest absolute Gasteiger partial charge is 0.490 e. The summed E-state index contributed by atoms with van der Waals surface area (Å²) in [4.78, 5) is 92.4. The van der Waals surface area contributed by atoms with Crippen LogP contribution in [0.4, 0.5) is 65.9 Å². The van der Waals surface area contributed by atoms with Crippen molar-refractivity contribution in [1.29, 1.82) is 0 Å². The molecule has 5 aromatic heterocycles. The number of amides is 1. The second-order valence-corrected chi connectivity index (χ2v) is 24.4. The van der Waals surface area contributed by atoms with Gasteiger partial charge >= 0.3 is 36.6 Å². The molecule has 0 unspecified atom stereocenters. The minimum Gasteiger partial charge on any atom is -0.466 e. The van der Waals surface area contributed by atoms with Crippen LogP contribution in [0.15, 0.2) is 54.7 Å². The molecule has 0 aliphatic carbocycles. The summed E-state index contributed by atoms with van der Waals surface area (Å²) in [6.07, 6.45) is -15.8. The average Bonchev–Trinajstić information content (AvgIpc) is 1.70. The molecule has 624 valence electrons. The Hall–Kier alpha value is -10.1. The van der Waals surface area contributed by atoms with E-state index in [1.165, 1.54) is 52.0 Å². The number of nitrogens with zero attached hydrogens (tertiary/aromatic N) is 9. The van der Waals surface area contributed by atoms with E-state index in [0.717, 1.165) is 43.1 Å². The maximum Gasteiger partial charge on any atom is 0.490 e. The Morgan fingerprint density at radius 1 is 0.575 bits per heavy atom. The summed E-state index contributed by atoms with van der Waals surface area (Å²) in [6, 6.07) is 10.6. The normalized spacial score (nSPS) is 13.8. The Morgan fingerprint density at radius 2 is 1.07 bits per heavy atom. The second kappa shape index (κ2) is 43.2. The molecule has 7 aromatic rings. The maximum absolute atomic E-state index is 14.2. The molecule has 26 nitrogen and oxygen atoms in total. The maximum atomic E-state index is 14.2. The summed E-state index contributed by atoms with van der Waals surface area (Å²) in [7, 11) is 0. The number of rotatable bonds is 19. The van der Waals surface area contributed by atoms with Crippen LogP contribution in [0.2, 0.25) is 0 Å². The van der Waals surface area contributed by atoms with E-state index in [4.69, 9.17) is 35.2 Å². The zero-order valence-corrected chi connectivity index (χ0v) is 59.6. The number of carbonyl (C=O) groups is 8. The summed E-state index contributed by atoms with van der Waals surface area (Å²) in [5.41, 5.74) is 12.9. The standard InChI is InChI=1S/C29H25F3N4O3.3C9H9F3N2O2.C5H11NO2.C4H5F3O2.C4H6O2.3CH4/c1-16-25-14-39-15-27(25)35-36(16)13-22(37)10-19(7-17-8-20(30)12-21(31)9-17)28-23(3-2-6-34-28)18-4-5-26(32)24(11-18)29(33)38;1-5(15)2-14-7-4-16-3-6(7)8(13-14)9(10,11)12;2*1-5(15)2-14-8(9(10,11)12)6-3-16-4-7(6)13-14;1-2-8-5(7)3-4-6;1-2-9-3(8)4(5,6)7;5-4-1-2-6-3-4;;;/h2-6,8-9,11-12,19H,7,10,13-15H2,1H3,(H2,33,38);3*2-4H2,1H3;2-4,6H2,1H3;2H2,1H3;1-3H2;3*1H4/t19-;;;;;;;;;/m1........./s1. The fourth-order valence-corrected chi connectivity index (χ4v) is 11.1. The topological polar surface area (TPSA) is 337 Å². The Morgan fingerprint density at radius 3 is 1.50 bits per heavy atom. The Bertz CT molecular complexity index is 4310. The fourth-order valence-electron chi connectivity index (χ4n) is 11.1. The van der Waals surface area contributed by atoms with Crippen molar-refractivity contribution in [1.82, 2.24) is 44.1 Å². The van der Waals surface area contributed by atoms with Crippen LogP contribution in [0.1, 0.15) is 171 Å². The van der Waals surface area contributed by atoms with Crippen molar-refractivity contribution in [2.24, 2.45) is 11.5 Å². The van der Waals surface area contributed by atoms with Crippen LogP contribution in [0.3, 0.4) is 0 Å². The van der Waals surface area contributed by atoms with Crippen molar-refractivity contribution in [3.8, 4) is 11.1 Å². The molecule has 2 aromatic carbocycles. The second-order valence-electron chi connectivity index (χ2n) is 24.4. The molecule has 41 heteroatoms. The van der Waals surface area contributed by atoms with E-state index in [1.54, 1.807) is 29.9 Å². The summed E-state index contributed by atoms with van der Waals surface area (Å²) in [5.74, 6) is -6.99. The van der Waals surface area contributed by atoms with E-state index in [1.807, 2.05) is 6.92 Å². The first-order valence-corrected chi connectivity index (χ1v) is 33.1. The van der Waals surface area contributed by atoms with E-state index < -0.39 is 77.0 Å². The number of hydrogen-bond donors (Lipinski definition) is 2. The number of nitrogens with two attached hydrogens (primary N) is 2. The Balaban J connectivity index is 0.000000376. The zero-order valence-electron chi connectivity index (χ0n) is 59.6. The van der Waals surface area contributed by atoms with Gasteiger partial charge in [-0.05, 0) is 89.4 Å². The molecular formula is C72H86F15N11O15. The summed E-state index contributed by atoms with van der Waals surface area (Å²) in [5, 5.41) is 15.4. The highest BCUT2D eigenvalue weighted by Gasteiger charge is 2.44. The SMILES string of the molecule is C.C.C.CC(=O)Cn1nc(C(F)(F)F)c2c1COC2.CC(=O)Cn1nc2c(c1C(F)(F)F)COC2.CC(=O)Cn1nc2c(c1C(F)(F)F)COC2.CCOC(=O)C(F)(F)F.CCOC(=O)CCN.Cc1c2c(nn1CC(=O)C[C@@H](Cc1cc(F)cc(F)c1)c1ncccc1-c1ccc(F)c(C(N)=O)c1)COC2.O=C1CCOC1. The summed E-state index contributed by atoms with van der Waals surface area (Å²) < 4.78 is 227. The minimum atomic E-state index is -4.85. The third kappa shape index (κ3) is 28.2. The highest BCUT2D eigenvalue weighted by Crippen LogP contribution is 2.40. The van der Waals surface area contributed by atoms with Gasteiger partial charge in [0.1, 0.15) is 35.4 Å². The number of benzene rings is 2. The molecule has 0 radical (unpaired) electrons. The van der Waals surface area contributed by atoms with E-state index in [0.29, 0.717) is 80.5 Å². The lowest BCUT2D eigenvalue weighted by atomic mass is 9.86. The number of Topliss-reactive ketones (excluding diaryl/α,β-unsaturated/α-hetero) is 5. The van der Waals surface area contributed by atoms with Crippen LogP contribution in [0.25, 0.3) is 11.1 Å². The third-order valence-corrected chi connectivity index (χ3v) is 15.6. The lowest BCUT2D eigenvalue weighted by Crippen LogP contribution is -2.25. The number of halogens is 15. The molecule has 1 fully saturated rings. The van der Waals surface area contributed by atoms with Crippen LogP contribution >= 0.6 is 0 Å². The lowest BCUT2D eigenvalue weighted by Gasteiger charge is -2.20. The number of primary amides is 1. The Labute approximate surface area is 637 Å². The molecule has 1 amide bonds. The molecule has 1 atom stereocenters. The van der Waals surface area contributed by atoms with Gasteiger partial charge in [-0.3, -0.25) is 57.3 Å². The molecule has 113 heavy (non-hydrogen) atoms. The molecule has 0 bridgehead atoms. The van der Waals surface area contributed by atoms with Gasteiger partial charge in [-0.15, -0.1) is 0 Å². The van der Waals surface area contributed by atoms with Gasteiger partial charge in [-0.2, -0.15) is 73.1 Å². The van der Waals surface area contributed by atoms with Gasteiger partial charge in [0.2, 0.25) is 0 Å². The van der Waals surface area contributed by atoms with Crippen molar-refractivity contribution >= 4 is 46.8 Å². The van der Waals surface area contributed by atoms with Gasteiger partial charge in [0, 0.05) is 71.1 Å². The predicted molar refractivity (Wildman–Crippen MR) is 369 cm³/mol. The van der Waals surface area contributed by atoms with Gasteiger partial charge in [0.25, 0.3) is 5.91 Å². The molecule has 1 saturated heterocycles. The molecule has 4 N–H and O–H groups in total. The highest BCUT2D eigenvalue weighted by molar-refractivity contribution is 5.94. The van der Waals surface area contributed by atoms with Gasteiger partial charge < -0.3 is 44.6 Å². The van der Waals surface area contributed by atoms with E-state index in [-0.39, 0.29) is 176 Å². The number of hydrogen-bond acceptors (Lipinski definition) is 21. The quantitative estimate of drug-likeness (QED) is 0.0561. The molecule has 0 spiro atoms. The highest BCUT2D eigenvalue weighted by atomic mass is 19.4.